The highest BCUT2D eigenvalue weighted by molar-refractivity contribution is 5.80. The summed E-state index contributed by atoms with van der Waals surface area (Å²) in [6, 6.07) is 17.5. The number of rotatable bonds is 7. The van der Waals surface area contributed by atoms with Crippen molar-refractivity contribution in [3.05, 3.63) is 65.2 Å². The Morgan fingerprint density at radius 1 is 1.11 bits per heavy atom. The fraction of sp³-hybridized carbons (Fsp3) is 0.435. The van der Waals surface area contributed by atoms with E-state index >= 15 is 0 Å². The van der Waals surface area contributed by atoms with Crippen molar-refractivity contribution in [2.24, 2.45) is 4.99 Å². The van der Waals surface area contributed by atoms with Crippen LogP contribution in [-0.2, 0) is 17.9 Å². The van der Waals surface area contributed by atoms with Gasteiger partial charge in [-0.25, -0.2) is 0 Å². The second kappa shape index (κ2) is 10.1. The Morgan fingerprint density at radius 3 is 2.50 bits per heavy atom. The van der Waals surface area contributed by atoms with E-state index in [1.165, 1.54) is 35.2 Å². The zero-order valence-electron chi connectivity index (χ0n) is 17.2. The van der Waals surface area contributed by atoms with Crippen LogP contribution in [0.15, 0.2) is 53.5 Å². The maximum Gasteiger partial charge on any atom is 0.191 e. The maximum atomic E-state index is 5.16. The summed E-state index contributed by atoms with van der Waals surface area (Å²) in [5.41, 5.74) is 4.99. The van der Waals surface area contributed by atoms with Gasteiger partial charge in [0.2, 0.25) is 0 Å². The van der Waals surface area contributed by atoms with Crippen LogP contribution in [0.5, 0.6) is 0 Å². The lowest BCUT2D eigenvalue weighted by Gasteiger charge is -2.22. The van der Waals surface area contributed by atoms with E-state index in [-0.39, 0.29) is 6.04 Å². The van der Waals surface area contributed by atoms with E-state index in [2.05, 4.69) is 76.0 Å². The molecule has 1 fully saturated rings. The van der Waals surface area contributed by atoms with Crippen molar-refractivity contribution in [1.29, 1.82) is 0 Å². The van der Waals surface area contributed by atoms with Crippen molar-refractivity contribution < 1.29 is 4.74 Å². The SMILES string of the molecule is CN=C(NCc1ccc(COC)cc1)NC(C)c1cccc(N2CCCC2)c1. The standard InChI is InChI=1S/C23H32N4O/c1-18(21-7-6-8-22(15-21)27-13-4-5-14-27)26-23(24-2)25-16-19-9-11-20(12-10-19)17-28-3/h6-12,15,18H,4-5,13-14,16-17H2,1-3H3,(H2,24,25,26). The first kappa shape index (κ1) is 20.2. The lowest BCUT2D eigenvalue weighted by atomic mass is 10.1. The number of ether oxygens (including phenoxy) is 1. The molecule has 0 radical (unpaired) electrons. The number of anilines is 1. The van der Waals surface area contributed by atoms with E-state index in [9.17, 15) is 0 Å². The molecule has 1 aliphatic rings. The van der Waals surface area contributed by atoms with E-state index in [0.29, 0.717) is 6.61 Å². The molecule has 2 aromatic carbocycles. The predicted octanol–water partition coefficient (Wildman–Crippen LogP) is 3.86. The molecule has 1 aliphatic heterocycles. The Balaban J connectivity index is 1.56. The second-order valence-electron chi connectivity index (χ2n) is 7.33. The molecule has 0 spiro atoms. The van der Waals surface area contributed by atoms with Crippen LogP contribution in [0.1, 0.15) is 42.5 Å². The molecular formula is C23H32N4O. The molecule has 150 valence electrons. The van der Waals surface area contributed by atoms with Crippen LogP contribution in [0, 0.1) is 0 Å². The van der Waals surface area contributed by atoms with Gasteiger partial charge >= 0.3 is 0 Å². The summed E-state index contributed by atoms with van der Waals surface area (Å²) in [6.07, 6.45) is 2.59. The Bertz CT molecular complexity index is 766. The summed E-state index contributed by atoms with van der Waals surface area (Å²) in [4.78, 5) is 6.85. The molecule has 1 saturated heterocycles. The predicted molar refractivity (Wildman–Crippen MR) is 117 cm³/mol. The lowest BCUT2D eigenvalue weighted by Crippen LogP contribution is -2.38. The Kier molecular flexibility index (Phi) is 7.31. The van der Waals surface area contributed by atoms with Crippen LogP contribution >= 0.6 is 0 Å². The van der Waals surface area contributed by atoms with Gasteiger partial charge in [-0.05, 0) is 48.6 Å². The number of guanidine groups is 1. The Hall–Kier alpha value is -2.53. The molecule has 1 unspecified atom stereocenters. The van der Waals surface area contributed by atoms with Crippen molar-refractivity contribution >= 4 is 11.6 Å². The minimum absolute atomic E-state index is 0.179. The number of hydrogen-bond acceptors (Lipinski definition) is 3. The van der Waals surface area contributed by atoms with Crippen LogP contribution < -0.4 is 15.5 Å². The van der Waals surface area contributed by atoms with Crippen molar-refractivity contribution in [2.45, 2.75) is 39.0 Å². The summed E-state index contributed by atoms with van der Waals surface area (Å²) in [6.45, 7) is 5.88. The molecule has 1 atom stereocenters. The zero-order valence-corrected chi connectivity index (χ0v) is 17.2. The third-order valence-electron chi connectivity index (χ3n) is 5.21. The smallest absolute Gasteiger partial charge is 0.191 e. The van der Waals surface area contributed by atoms with E-state index in [0.717, 1.165) is 25.6 Å². The first-order valence-corrected chi connectivity index (χ1v) is 10.1. The molecule has 0 amide bonds. The van der Waals surface area contributed by atoms with Gasteiger partial charge in [0.15, 0.2) is 5.96 Å². The molecule has 5 nitrogen and oxygen atoms in total. The van der Waals surface area contributed by atoms with Gasteiger partial charge in [-0.1, -0.05) is 36.4 Å². The van der Waals surface area contributed by atoms with Gasteiger partial charge in [-0.3, -0.25) is 4.99 Å². The molecule has 2 N–H and O–H groups in total. The van der Waals surface area contributed by atoms with Gasteiger partial charge in [0.05, 0.1) is 12.6 Å². The fourth-order valence-electron chi connectivity index (χ4n) is 3.56. The van der Waals surface area contributed by atoms with Crippen LogP contribution in [0.3, 0.4) is 0 Å². The minimum atomic E-state index is 0.179. The Morgan fingerprint density at radius 2 is 1.82 bits per heavy atom. The molecular weight excluding hydrogens is 348 g/mol. The first-order chi connectivity index (χ1) is 13.7. The van der Waals surface area contributed by atoms with Crippen molar-refractivity contribution in [1.82, 2.24) is 10.6 Å². The Labute approximate surface area is 168 Å². The zero-order chi connectivity index (χ0) is 19.8. The molecule has 1 heterocycles. The van der Waals surface area contributed by atoms with Crippen molar-refractivity contribution in [2.75, 3.05) is 32.1 Å². The number of nitrogens with one attached hydrogen (secondary N) is 2. The highest BCUT2D eigenvalue weighted by atomic mass is 16.5. The highest BCUT2D eigenvalue weighted by Gasteiger charge is 2.14. The van der Waals surface area contributed by atoms with Crippen molar-refractivity contribution in [3.8, 4) is 0 Å². The van der Waals surface area contributed by atoms with E-state index in [4.69, 9.17) is 4.74 Å². The number of aliphatic imine (C=N–C) groups is 1. The summed E-state index contributed by atoms with van der Waals surface area (Å²) >= 11 is 0. The van der Waals surface area contributed by atoms with Gasteiger partial charge < -0.3 is 20.3 Å². The summed E-state index contributed by atoms with van der Waals surface area (Å²) in [5.74, 6) is 0.806. The number of methoxy groups -OCH3 is 1. The van der Waals surface area contributed by atoms with Gasteiger partial charge in [0.1, 0.15) is 0 Å². The topological polar surface area (TPSA) is 48.9 Å². The number of nitrogens with zero attached hydrogens (tertiary/aromatic N) is 2. The monoisotopic (exact) mass is 380 g/mol. The molecule has 0 saturated carbocycles. The van der Waals surface area contributed by atoms with Gasteiger partial charge in [0.25, 0.3) is 0 Å². The summed E-state index contributed by atoms with van der Waals surface area (Å²) < 4.78 is 5.16. The summed E-state index contributed by atoms with van der Waals surface area (Å²) in [5, 5.41) is 6.91. The van der Waals surface area contributed by atoms with Crippen molar-refractivity contribution in [3.63, 3.8) is 0 Å². The van der Waals surface area contributed by atoms with Gasteiger partial charge in [-0.15, -0.1) is 0 Å². The first-order valence-electron chi connectivity index (χ1n) is 10.1. The average molecular weight is 381 g/mol. The van der Waals surface area contributed by atoms with E-state index in [1.807, 2.05) is 7.05 Å². The average Bonchev–Trinajstić information content (AvgIpc) is 3.27. The minimum Gasteiger partial charge on any atom is -0.380 e. The lowest BCUT2D eigenvalue weighted by molar-refractivity contribution is 0.185. The van der Waals surface area contributed by atoms with Crippen LogP contribution in [0.2, 0.25) is 0 Å². The molecule has 3 rings (SSSR count). The quantitative estimate of drug-likeness (QED) is 0.566. The molecule has 0 aliphatic carbocycles. The highest BCUT2D eigenvalue weighted by Crippen LogP contribution is 2.23. The van der Waals surface area contributed by atoms with Crippen LogP contribution in [-0.4, -0.2) is 33.2 Å². The molecule has 0 aromatic heterocycles. The van der Waals surface area contributed by atoms with Gasteiger partial charge in [-0.2, -0.15) is 0 Å². The molecule has 28 heavy (non-hydrogen) atoms. The molecule has 2 aromatic rings. The normalized spacial score (nSPS) is 15.5. The van der Waals surface area contributed by atoms with Crippen LogP contribution in [0.4, 0.5) is 5.69 Å². The third kappa shape index (κ3) is 5.49. The maximum absolute atomic E-state index is 5.16. The van der Waals surface area contributed by atoms with Gasteiger partial charge in [0, 0.05) is 39.5 Å². The number of hydrogen-bond donors (Lipinski definition) is 2. The molecule has 0 bridgehead atoms. The second-order valence-corrected chi connectivity index (χ2v) is 7.33. The molecule has 5 heteroatoms. The summed E-state index contributed by atoms with van der Waals surface area (Å²) in [7, 11) is 3.53. The van der Waals surface area contributed by atoms with E-state index < -0.39 is 0 Å². The fourth-order valence-corrected chi connectivity index (χ4v) is 3.56. The largest absolute Gasteiger partial charge is 0.380 e. The van der Waals surface area contributed by atoms with Crippen LogP contribution in [0.25, 0.3) is 0 Å². The number of benzene rings is 2. The van der Waals surface area contributed by atoms with E-state index in [1.54, 1.807) is 7.11 Å². The third-order valence-corrected chi connectivity index (χ3v) is 5.21.